The Morgan fingerprint density at radius 2 is 1.92 bits per heavy atom. The molecule has 0 unspecified atom stereocenters. The first-order chi connectivity index (χ1) is 11.9. The van der Waals surface area contributed by atoms with Gasteiger partial charge in [0.15, 0.2) is 5.96 Å². The Morgan fingerprint density at radius 1 is 1.20 bits per heavy atom. The normalized spacial score (nSPS) is 17.0. The number of aliphatic imine (C=N–C) groups is 1. The van der Waals surface area contributed by atoms with Gasteiger partial charge in [-0.15, -0.1) is 0 Å². The van der Waals surface area contributed by atoms with Crippen molar-refractivity contribution in [2.24, 2.45) is 4.99 Å². The molecule has 4 nitrogen and oxygen atoms in total. The number of hydrogen-bond donors (Lipinski definition) is 1. The molecule has 7 heteroatoms. The van der Waals surface area contributed by atoms with Crippen LogP contribution in [-0.2, 0) is 6.54 Å². The summed E-state index contributed by atoms with van der Waals surface area (Å²) in [6.45, 7) is 8.61. The Bertz CT molecular complexity index is 564. The zero-order valence-electron chi connectivity index (χ0n) is 14.9. The van der Waals surface area contributed by atoms with Crippen LogP contribution in [0.4, 0.5) is 13.2 Å². The predicted octanol–water partition coefficient (Wildman–Crippen LogP) is 3.03. The first kappa shape index (κ1) is 19.6. The van der Waals surface area contributed by atoms with Crippen molar-refractivity contribution in [3.8, 4) is 0 Å². The van der Waals surface area contributed by atoms with E-state index in [2.05, 4.69) is 46.4 Å². The third-order valence-corrected chi connectivity index (χ3v) is 4.15. The lowest BCUT2D eigenvalue weighted by atomic mass is 10.1. The molecule has 0 saturated carbocycles. The highest BCUT2D eigenvalue weighted by Crippen LogP contribution is 2.19. The van der Waals surface area contributed by atoms with Gasteiger partial charge in [-0.25, -0.2) is 0 Å². The van der Waals surface area contributed by atoms with Gasteiger partial charge in [-0.3, -0.25) is 9.89 Å². The number of nitrogens with zero attached hydrogens (tertiary/aromatic N) is 3. The average molecular weight is 356 g/mol. The number of guanidine groups is 1. The Hall–Kier alpha value is -1.76. The van der Waals surface area contributed by atoms with Gasteiger partial charge >= 0.3 is 6.18 Å². The Balaban J connectivity index is 1.86. The van der Waals surface area contributed by atoms with E-state index < -0.39 is 12.6 Å². The van der Waals surface area contributed by atoms with Crippen LogP contribution in [0.25, 0.3) is 0 Å². The van der Waals surface area contributed by atoms with Gasteiger partial charge in [-0.1, -0.05) is 29.8 Å². The number of benzene rings is 1. The van der Waals surface area contributed by atoms with Crippen molar-refractivity contribution in [1.82, 2.24) is 15.1 Å². The molecule has 0 aliphatic carbocycles. The van der Waals surface area contributed by atoms with Crippen LogP contribution in [0.2, 0.25) is 0 Å². The molecule has 1 aromatic rings. The highest BCUT2D eigenvalue weighted by atomic mass is 19.4. The number of hydrogen-bond acceptors (Lipinski definition) is 2. The minimum Gasteiger partial charge on any atom is -0.357 e. The van der Waals surface area contributed by atoms with Crippen LogP contribution in [0.15, 0.2) is 29.3 Å². The van der Waals surface area contributed by atoms with Gasteiger partial charge in [-0.05, 0) is 19.4 Å². The number of rotatable bonds is 5. The summed E-state index contributed by atoms with van der Waals surface area (Å²) in [5.74, 6) is 0.585. The fourth-order valence-corrected chi connectivity index (χ4v) is 2.90. The summed E-state index contributed by atoms with van der Waals surface area (Å²) in [5.41, 5.74) is 2.54. The molecule has 1 N–H and O–H groups in total. The Labute approximate surface area is 147 Å². The Kier molecular flexibility index (Phi) is 7.11. The molecule has 2 rings (SSSR count). The first-order valence-electron chi connectivity index (χ1n) is 8.75. The molecule has 0 spiro atoms. The monoisotopic (exact) mass is 356 g/mol. The van der Waals surface area contributed by atoms with Gasteiger partial charge in [0.25, 0.3) is 0 Å². The number of nitrogens with one attached hydrogen (secondary N) is 1. The van der Waals surface area contributed by atoms with Crippen molar-refractivity contribution in [2.75, 3.05) is 39.3 Å². The van der Waals surface area contributed by atoms with Crippen LogP contribution in [-0.4, -0.2) is 61.2 Å². The Morgan fingerprint density at radius 3 is 2.52 bits per heavy atom. The molecule has 0 bridgehead atoms. The lowest BCUT2D eigenvalue weighted by Crippen LogP contribution is -2.52. The van der Waals surface area contributed by atoms with E-state index in [-0.39, 0.29) is 6.54 Å². The lowest BCUT2D eigenvalue weighted by Gasteiger charge is -2.36. The minimum absolute atomic E-state index is 0.227. The van der Waals surface area contributed by atoms with Crippen LogP contribution < -0.4 is 5.32 Å². The molecule has 1 aliphatic rings. The molecule has 0 aromatic heterocycles. The average Bonchev–Trinajstić information content (AvgIpc) is 2.54. The van der Waals surface area contributed by atoms with Gasteiger partial charge < -0.3 is 10.2 Å². The van der Waals surface area contributed by atoms with E-state index in [0.29, 0.717) is 12.5 Å². The number of aryl methyl sites for hydroxylation is 1. The topological polar surface area (TPSA) is 30.9 Å². The first-order valence-corrected chi connectivity index (χ1v) is 8.75. The van der Waals surface area contributed by atoms with E-state index in [1.807, 2.05) is 11.8 Å². The quantitative estimate of drug-likeness (QED) is 0.650. The molecule has 1 heterocycles. The number of halogens is 3. The third kappa shape index (κ3) is 6.94. The van der Waals surface area contributed by atoms with E-state index in [4.69, 9.17) is 0 Å². The van der Waals surface area contributed by atoms with Gasteiger partial charge in [0, 0.05) is 39.3 Å². The summed E-state index contributed by atoms with van der Waals surface area (Å²) in [4.78, 5) is 8.55. The molecule has 0 radical (unpaired) electrons. The minimum atomic E-state index is -4.16. The summed E-state index contributed by atoms with van der Waals surface area (Å²) < 4.78 is 36.9. The second kappa shape index (κ2) is 9.08. The highest BCUT2D eigenvalue weighted by molar-refractivity contribution is 5.80. The van der Waals surface area contributed by atoms with Crippen LogP contribution in [0.5, 0.6) is 0 Å². The van der Waals surface area contributed by atoms with Crippen LogP contribution in [0.1, 0.15) is 24.5 Å². The maximum Gasteiger partial charge on any atom is 0.390 e. The maximum absolute atomic E-state index is 12.3. The molecule has 0 amide bonds. The van der Waals surface area contributed by atoms with Gasteiger partial charge in [0.1, 0.15) is 0 Å². The van der Waals surface area contributed by atoms with Crippen molar-refractivity contribution < 1.29 is 13.2 Å². The zero-order chi connectivity index (χ0) is 18.3. The summed E-state index contributed by atoms with van der Waals surface area (Å²) in [6.07, 6.45) is -5.04. The van der Waals surface area contributed by atoms with E-state index in [1.165, 1.54) is 11.1 Å². The van der Waals surface area contributed by atoms with Gasteiger partial charge in [0.2, 0.25) is 0 Å². The predicted molar refractivity (Wildman–Crippen MR) is 94.7 cm³/mol. The lowest BCUT2D eigenvalue weighted by molar-refractivity contribution is -0.132. The van der Waals surface area contributed by atoms with Crippen molar-refractivity contribution in [2.45, 2.75) is 33.0 Å². The molecule has 25 heavy (non-hydrogen) atoms. The summed E-state index contributed by atoms with van der Waals surface area (Å²) >= 11 is 0. The molecule has 1 aromatic carbocycles. The number of piperazine rings is 1. The third-order valence-electron chi connectivity index (χ3n) is 4.15. The van der Waals surface area contributed by atoms with Crippen LogP contribution >= 0.6 is 0 Å². The smallest absolute Gasteiger partial charge is 0.357 e. The van der Waals surface area contributed by atoms with Crippen LogP contribution in [0.3, 0.4) is 0 Å². The standard InChI is InChI=1S/C18H27F3N4/c1-3-22-17(23-8-7-18(19,20)21)25-11-9-24(10-12-25)14-16-6-4-5-15(2)13-16/h4-6,13H,3,7-12,14H2,1-2H3,(H,22,23). The van der Waals surface area contributed by atoms with E-state index in [9.17, 15) is 13.2 Å². The number of alkyl halides is 3. The largest absolute Gasteiger partial charge is 0.390 e. The molecular weight excluding hydrogens is 329 g/mol. The summed E-state index contributed by atoms with van der Waals surface area (Å²) in [6, 6.07) is 8.47. The van der Waals surface area contributed by atoms with Crippen molar-refractivity contribution in [3.05, 3.63) is 35.4 Å². The SMILES string of the molecule is CCNC(=NCCC(F)(F)F)N1CCN(Cc2cccc(C)c2)CC1. The molecule has 1 aliphatic heterocycles. The second-order valence-electron chi connectivity index (χ2n) is 6.35. The maximum atomic E-state index is 12.3. The van der Waals surface area contributed by atoms with E-state index in [0.717, 1.165) is 32.7 Å². The molecule has 0 atom stereocenters. The van der Waals surface area contributed by atoms with Crippen molar-refractivity contribution in [1.29, 1.82) is 0 Å². The molecule has 140 valence electrons. The van der Waals surface area contributed by atoms with E-state index >= 15 is 0 Å². The summed E-state index contributed by atoms with van der Waals surface area (Å²) in [7, 11) is 0. The van der Waals surface area contributed by atoms with E-state index in [1.54, 1.807) is 0 Å². The van der Waals surface area contributed by atoms with Crippen LogP contribution in [0, 0.1) is 6.92 Å². The fourth-order valence-electron chi connectivity index (χ4n) is 2.90. The van der Waals surface area contributed by atoms with Crippen molar-refractivity contribution >= 4 is 5.96 Å². The zero-order valence-corrected chi connectivity index (χ0v) is 14.9. The highest BCUT2D eigenvalue weighted by Gasteiger charge is 2.26. The molecular formula is C18H27F3N4. The summed E-state index contributed by atoms with van der Waals surface area (Å²) in [5, 5.41) is 3.10. The second-order valence-corrected chi connectivity index (χ2v) is 6.35. The molecule has 1 saturated heterocycles. The van der Waals surface area contributed by atoms with Gasteiger partial charge in [-0.2, -0.15) is 13.2 Å². The van der Waals surface area contributed by atoms with Crippen molar-refractivity contribution in [3.63, 3.8) is 0 Å². The molecule has 1 fully saturated rings. The fraction of sp³-hybridized carbons (Fsp3) is 0.611. The van der Waals surface area contributed by atoms with Gasteiger partial charge in [0.05, 0.1) is 13.0 Å².